The van der Waals surface area contributed by atoms with E-state index in [1.54, 1.807) is 17.7 Å². The van der Waals surface area contributed by atoms with Crippen LogP contribution in [0.15, 0.2) is 76.6 Å². The molecule has 1 aliphatic heterocycles. The fourth-order valence-electron chi connectivity index (χ4n) is 4.40. The predicted octanol–water partition coefficient (Wildman–Crippen LogP) is 3.75. The van der Waals surface area contributed by atoms with Crippen molar-refractivity contribution in [2.45, 2.75) is 24.4 Å². The van der Waals surface area contributed by atoms with Crippen molar-refractivity contribution in [2.75, 3.05) is 20.3 Å². The van der Waals surface area contributed by atoms with Crippen LogP contribution in [0.4, 0.5) is 5.69 Å². The number of nitrogens with zero attached hydrogens (tertiary/aromatic N) is 4. The zero-order valence-electron chi connectivity index (χ0n) is 20.4. The summed E-state index contributed by atoms with van der Waals surface area (Å²) >= 11 is 1.16. The number of benzene rings is 3. The number of methoxy groups -OCH3 is 1. The number of nitro groups is 1. The first-order chi connectivity index (χ1) is 18.3. The van der Waals surface area contributed by atoms with E-state index in [-0.39, 0.29) is 16.1 Å². The van der Waals surface area contributed by atoms with E-state index in [9.17, 15) is 23.3 Å². The quantitative estimate of drug-likeness (QED) is 0.254. The van der Waals surface area contributed by atoms with Crippen LogP contribution in [0.1, 0.15) is 21.5 Å². The number of sulfonamides is 1. The molecule has 4 aromatic rings. The lowest BCUT2D eigenvalue weighted by atomic mass is 10.0. The molecule has 0 saturated heterocycles. The molecule has 0 bridgehead atoms. The van der Waals surface area contributed by atoms with E-state index in [1.165, 1.54) is 40.7 Å². The molecule has 0 atom stereocenters. The SMILES string of the molecule is COCCn1c(=NC(=O)c2ccc(S(=O)(=O)N3CCc4ccccc4C3)cc2)sc2cc([N+](=O)[O-])ccc21. The maximum atomic E-state index is 13.2. The number of ether oxygens (including phenoxy) is 1. The van der Waals surface area contributed by atoms with Crippen molar-refractivity contribution >= 4 is 43.2 Å². The minimum atomic E-state index is -3.73. The number of fused-ring (bicyclic) bond motifs is 2. The minimum Gasteiger partial charge on any atom is -0.383 e. The molecule has 196 valence electrons. The number of aromatic nitrogens is 1. The number of non-ortho nitro benzene ring substituents is 1. The Balaban J connectivity index is 1.43. The largest absolute Gasteiger partial charge is 0.383 e. The van der Waals surface area contributed by atoms with Crippen LogP contribution in [0.2, 0.25) is 0 Å². The van der Waals surface area contributed by atoms with Gasteiger partial charge in [0.25, 0.3) is 11.6 Å². The molecule has 1 amide bonds. The second-order valence-corrected chi connectivity index (χ2v) is 11.7. The summed E-state index contributed by atoms with van der Waals surface area (Å²) in [5.41, 5.74) is 3.02. The Morgan fingerprint density at radius 3 is 2.55 bits per heavy atom. The Bertz CT molecular complexity index is 1710. The van der Waals surface area contributed by atoms with Gasteiger partial charge in [0.2, 0.25) is 10.0 Å². The van der Waals surface area contributed by atoms with E-state index in [4.69, 9.17) is 4.74 Å². The van der Waals surface area contributed by atoms with Gasteiger partial charge in [-0.05, 0) is 47.9 Å². The minimum absolute atomic E-state index is 0.0514. The van der Waals surface area contributed by atoms with Crippen LogP contribution < -0.4 is 4.80 Å². The molecule has 0 aliphatic carbocycles. The molecule has 0 unspecified atom stereocenters. The number of amides is 1. The maximum Gasteiger partial charge on any atom is 0.279 e. The maximum absolute atomic E-state index is 13.2. The molecular weight excluding hydrogens is 528 g/mol. The van der Waals surface area contributed by atoms with Gasteiger partial charge in [0.1, 0.15) is 0 Å². The highest BCUT2D eigenvalue weighted by Crippen LogP contribution is 2.26. The van der Waals surface area contributed by atoms with Gasteiger partial charge in [-0.15, -0.1) is 0 Å². The first kappa shape index (κ1) is 25.9. The van der Waals surface area contributed by atoms with E-state index in [0.717, 1.165) is 22.5 Å². The van der Waals surface area contributed by atoms with Gasteiger partial charge in [0, 0.05) is 44.4 Å². The first-order valence-electron chi connectivity index (χ1n) is 11.8. The molecule has 0 radical (unpaired) electrons. The lowest BCUT2D eigenvalue weighted by Crippen LogP contribution is -2.35. The van der Waals surface area contributed by atoms with Gasteiger partial charge in [0.15, 0.2) is 4.80 Å². The average Bonchev–Trinajstić information content (AvgIpc) is 3.27. The highest BCUT2D eigenvalue weighted by atomic mass is 32.2. The van der Waals surface area contributed by atoms with Crippen LogP contribution in [0.25, 0.3) is 10.2 Å². The highest BCUT2D eigenvalue weighted by molar-refractivity contribution is 7.89. The van der Waals surface area contributed by atoms with Crippen LogP contribution >= 0.6 is 11.3 Å². The van der Waals surface area contributed by atoms with Gasteiger partial charge in [-0.25, -0.2) is 8.42 Å². The summed E-state index contributed by atoms with van der Waals surface area (Å²) in [5, 5.41) is 11.2. The fourth-order valence-corrected chi connectivity index (χ4v) is 6.91. The summed E-state index contributed by atoms with van der Waals surface area (Å²) in [6.07, 6.45) is 0.645. The smallest absolute Gasteiger partial charge is 0.279 e. The Morgan fingerprint density at radius 2 is 1.84 bits per heavy atom. The van der Waals surface area contributed by atoms with Gasteiger partial charge in [-0.2, -0.15) is 9.30 Å². The van der Waals surface area contributed by atoms with Gasteiger partial charge in [0.05, 0.1) is 26.6 Å². The Morgan fingerprint density at radius 1 is 1.11 bits per heavy atom. The molecule has 1 aromatic heterocycles. The van der Waals surface area contributed by atoms with Crippen LogP contribution in [0, 0.1) is 10.1 Å². The average molecular weight is 553 g/mol. The van der Waals surface area contributed by atoms with Gasteiger partial charge in [-0.3, -0.25) is 14.9 Å². The summed E-state index contributed by atoms with van der Waals surface area (Å²) in [7, 11) is -2.18. The Kier molecular flexibility index (Phi) is 7.21. The summed E-state index contributed by atoms with van der Waals surface area (Å²) in [4.78, 5) is 28.5. The molecule has 0 spiro atoms. The Labute approximate surface area is 222 Å². The molecule has 10 nitrogen and oxygen atoms in total. The summed E-state index contributed by atoms with van der Waals surface area (Å²) < 4.78 is 35.5. The molecule has 12 heteroatoms. The molecule has 0 N–H and O–H groups in total. The van der Waals surface area contributed by atoms with Crippen LogP contribution in [-0.2, 0) is 34.3 Å². The highest BCUT2D eigenvalue weighted by Gasteiger charge is 2.28. The number of carbonyl (C=O) groups is 1. The third-order valence-electron chi connectivity index (χ3n) is 6.43. The number of rotatable bonds is 7. The summed E-state index contributed by atoms with van der Waals surface area (Å²) in [6.45, 7) is 1.45. The Hall–Kier alpha value is -3.71. The standard InChI is InChI=1S/C26H24N4O6S2/c1-36-15-14-29-23-11-8-21(30(32)33)16-24(23)37-26(29)27-25(31)19-6-9-22(10-7-19)38(34,35)28-13-12-18-4-2-3-5-20(18)17-28/h2-11,16H,12-15,17H2,1H3. The van der Waals surface area contributed by atoms with Gasteiger partial charge in [-0.1, -0.05) is 35.6 Å². The number of hydrogen-bond acceptors (Lipinski definition) is 7. The van der Waals surface area contributed by atoms with Crippen molar-refractivity contribution in [3.63, 3.8) is 0 Å². The molecule has 5 rings (SSSR count). The number of thiazole rings is 1. The normalized spacial score (nSPS) is 14.5. The number of nitro benzene ring substituents is 1. The number of hydrogen-bond donors (Lipinski definition) is 0. The number of carbonyl (C=O) groups excluding carboxylic acids is 1. The van der Waals surface area contributed by atoms with Crippen molar-refractivity contribution in [1.29, 1.82) is 0 Å². The molecule has 3 aromatic carbocycles. The van der Waals surface area contributed by atoms with E-state index in [0.29, 0.717) is 47.7 Å². The van der Waals surface area contributed by atoms with E-state index in [1.807, 2.05) is 24.3 Å². The summed E-state index contributed by atoms with van der Waals surface area (Å²) in [6, 6.07) is 18.0. The lowest BCUT2D eigenvalue weighted by Gasteiger charge is -2.28. The molecule has 1 aliphatic rings. The summed E-state index contributed by atoms with van der Waals surface area (Å²) in [5.74, 6) is -0.548. The monoisotopic (exact) mass is 552 g/mol. The van der Waals surface area contributed by atoms with Crippen LogP contribution in [0.3, 0.4) is 0 Å². The van der Waals surface area contributed by atoms with E-state index in [2.05, 4.69) is 4.99 Å². The zero-order valence-corrected chi connectivity index (χ0v) is 22.1. The molecular formula is C26H24N4O6S2. The van der Waals surface area contributed by atoms with Crippen molar-refractivity contribution < 1.29 is 22.9 Å². The van der Waals surface area contributed by atoms with Crippen molar-refractivity contribution in [2.24, 2.45) is 4.99 Å². The lowest BCUT2D eigenvalue weighted by molar-refractivity contribution is -0.384. The second kappa shape index (κ2) is 10.6. The van der Waals surface area contributed by atoms with Gasteiger partial charge >= 0.3 is 0 Å². The predicted molar refractivity (Wildman–Crippen MR) is 142 cm³/mol. The fraction of sp³-hybridized carbons (Fsp3) is 0.231. The molecule has 38 heavy (non-hydrogen) atoms. The topological polar surface area (TPSA) is 124 Å². The molecule has 2 heterocycles. The van der Waals surface area contributed by atoms with Gasteiger partial charge < -0.3 is 9.30 Å². The second-order valence-electron chi connectivity index (χ2n) is 8.74. The van der Waals surface area contributed by atoms with Crippen LogP contribution in [0.5, 0.6) is 0 Å². The molecule has 0 fully saturated rings. The first-order valence-corrected chi connectivity index (χ1v) is 14.1. The van der Waals surface area contributed by atoms with E-state index < -0.39 is 20.9 Å². The molecule has 0 saturated carbocycles. The third kappa shape index (κ3) is 5.03. The van der Waals surface area contributed by atoms with E-state index >= 15 is 0 Å². The van der Waals surface area contributed by atoms with Crippen molar-refractivity contribution in [3.05, 3.63) is 98.3 Å². The third-order valence-corrected chi connectivity index (χ3v) is 9.33. The van der Waals surface area contributed by atoms with Crippen LogP contribution in [-0.4, -0.2) is 48.4 Å². The zero-order chi connectivity index (χ0) is 26.9. The van der Waals surface area contributed by atoms with Crippen molar-refractivity contribution in [1.82, 2.24) is 8.87 Å². The van der Waals surface area contributed by atoms with Crippen molar-refractivity contribution in [3.8, 4) is 0 Å².